The summed E-state index contributed by atoms with van der Waals surface area (Å²) in [7, 11) is -1.94. The highest BCUT2D eigenvalue weighted by Crippen LogP contribution is 2.36. The number of nitrogens with zero attached hydrogens (tertiary/aromatic N) is 2. The molecule has 4 rings (SSSR count). The summed E-state index contributed by atoms with van der Waals surface area (Å²) in [6.45, 7) is 6.42. The zero-order valence-electron chi connectivity index (χ0n) is 16.6. The summed E-state index contributed by atoms with van der Waals surface area (Å²) in [5.41, 5.74) is 4.18. The van der Waals surface area contributed by atoms with Gasteiger partial charge in [0, 0.05) is 12.6 Å². The Morgan fingerprint density at radius 2 is 1.68 bits per heavy atom. The molecule has 28 heavy (non-hydrogen) atoms. The number of aromatic nitrogens is 2. The van der Waals surface area contributed by atoms with E-state index in [0.717, 1.165) is 35.0 Å². The second-order valence-electron chi connectivity index (χ2n) is 8.24. The van der Waals surface area contributed by atoms with E-state index in [0.29, 0.717) is 12.1 Å². The van der Waals surface area contributed by atoms with Crippen LogP contribution in [-0.4, -0.2) is 23.1 Å². The summed E-state index contributed by atoms with van der Waals surface area (Å²) in [5, 5.41) is 0. The second kappa shape index (κ2) is 6.32. The van der Waals surface area contributed by atoms with Crippen LogP contribution in [0.2, 0.25) is 0 Å². The summed E-state index contributed by atoms with van der Waals surface area (Å²) in [6.07, 6.45) is 1.69. The maximum absolute atomic E-state index is 12.8. The molecular weight excluding hydrogens is 374 g/mol. The summed E-state index contributed by atoms with van der Waals surface area (Å²) in [4.78, 5) is 13.0. The molecule has 0 spiro atoms. The Balaban J connectivity index is 1.77. The van der Waals surface area contributed by atoms with Crippen molar-refractivity contribution in [2.45, 2.75) is 50.6 Å². The zero-order valence-corrected chi connectivity index (χ0v) is 17.4. The van der Waals surface area contributed by atoms with Crippen molar-refractivity contribution in [2.24, 2.45) is 7.05 Å². The molecule has 6 nitrogen and oxygen atoms in total. The zero-order chi connectivity index (χ0) is 20.3. The topological polar surface area (TPSA) is 73.1 Å². The minimum Gasteiger partial charge on any atom is -0.295 e. The van der Waals surface area contributed by atoms with E-state index in [2.05, 4.69) is 22.9 Å². The lowest BCUT2D eigenvalue weighted by molar-refractivity contribution is 0.558. The number of sulfonamides is 1. The molecule has 148 valence electrons. The van der Waals surface area contributed by atoms with Gasteiger partial charge in [-0.25, -0.2) is 17.9 Å². The molecule has 0 radical (unpaired) electrons. The van der Waals surface area contributed by atoms with Crippen LogP contribution in [0, 0.1) is 13.8 Å². The van der Waals surface area contributed by atoms with Crippen molar-refractivity contribution in [2.75, 3.05) is 0 Å². The number of fused-ring (bicyclic) bond motifs is 1. The minimum absolute atomic E-state index is 0.161. The Hall–Kier alpha value is -2.38. The second-order valence-corrected chi connectivity index (χ2v) is 9.92. The van der Waals surface area contributed by atoms with Crippen molar-refractivity contribution >= 4 is 21.1 Å². The van der Waals surface area contributed by atoms with E-state index in [1.165, 1.54) is 4.57 Å². The Morgan fingerprint density at radius 3 is 2.29 bits per heavy atom. The molecule has 2 aromatic carbocycles. The highest BCUT2D eigenvalue weighted by molar-refractivity contribution is 7.89. The number of hydrogen-bond donors (Lipinski definition) is 1. The van der Waals surface area contributed by atoms with Gasteiger partial charge in [-0.3, -0.25) is 9.13 Å². The van der Waals surface area contributed by atoms with E-state index in [-0.39, 0.29) is 16.1 Å². The third-order valence-electron chi connectivity index (χ3n) is 5.43. The third-order valence-corrected chi connectivity index (χ3v) is 7.07. The molecule has 1 aromatic heterocycles. The summed E-state index contributed by atoms with van der Waals surface area (Å²) in [6, 6.07) is 11.1. The van der Waals surface area contributed by atoms with Crippen LogP contribution in [0.15, 0.2) is 46.1 Å². The van der Waals surface area contributed by atoms with Crippen LogP contribution in [-0.2, 0) is 23.6 Å². The van der Waals surface area contributed by atoms with Crippen LogP contribution in [0.3, 0.4) is 0 Å². The molecule has 1 fully saturated rings. The van der Waals surface area contributed by atoms with E-state index in [4.69, 9.17) is 0 Å². The average molecular weight is 400 g/mol. The van der Waals surface area contributed by atoms with E-state index < -0.39 is 10.0 Å². The minimum atomic E-state index is -3.61. The third kappa shape index (κ3) is 3.40. The highest BCUT2D eigenvalue weighted by atomic mass is 32.2. The molecule has 0 atom stereocenters. The van der Waals surface area contributed by atoms with Crippen LogP contribution >= 0.6 is 0 Å². The molecule has 1 aliphatic rings. The van der Waals surface area contributed by atoms with E-state index >= 15 is 0 Å². The first-order valence-corrected chi connectivity index (χ1v) is 10.9. The number of nitrogens with one attached hydrogen (secondary N) is 1. The Labute approximate surface area is 164 Å². The van der Waals surface area contributed by atoms with Gasteiger partial charge in [-0.1, -0.05) is 29.3 Å². The fraction of sp³-hybridized carbons (Fsp3) is 0.381. The maximum Gasteiger partial charge on any atom is 0.329 e. The van der Waals surface area contributed by atoms with Gasteiger partial charge >= 0.3 is 5.69 Å². The van der Waals surface area contributed by atoms with E-state index in [9.17, 15) is 13.2 Å². The molecular formula is C21H25N3O3S. The SMILES string of the molecule is Cc1cc(C)cc(Cn2c(=O)n(C)c3cc(S(=O)(=O)NC4(C)CC4)ccc32)c1. The fourth-order valence-electron chi connectivity index (χ4n) is 3.72. The van der Waals surface area contributed by atoms with Crippen LogP contribution in [0.4, 0.5) is 0 Å². The lowest BCUT2D eigenvalue weighted by Crippen LogP contribution is -2.34. The summed E-state index contributed by atoms with van der Waals surface area (Å²) >= 11 is 0. The largest absolute Gasteiger partial charge is 0.329 e. The molecule has 1 saturated carbocycles. The van der Waals surface area contributed by atoms with Crippen molar-refractivity contribution < 1.29 is 8.42 Å². The number of benzene rings is 2. The number of rotatable bonds is 5. The van der Waals surface area contributed by atoms with Gasteiger partial charge in [0.15, 0.2) is 0 Å². The van der Waals surface area contributed by atoms with Crippen molar-refractivity contribution in [3.8, 4) is 0 Å². The van der Waals surface area contributed by atoms with Gasteiger partial charge in [-0.2, -0.15) is 0 Å². The fourth-order valence-corrected chi connectivity index (χ4v) is 5.21. The van der Waals surface area contributed by atoms with E-state index in [1.807, 2.05) is 20.8 Å². The molecule has 0 aliphatic heterocycles. The Morgan fingerprint density at radius 1 is 1.04 bits per heavy atom. The normalized spacial score (nSPS) is 15.9. The molecule has 0 unspecified atom stereocenters. The first kappa shape index (κ1) is 19.0. The summed E-state index contributed by atoms with van der Waals surface area (Å²) < 4.78 is 31.3. The molecule has 0 amide bonds. The van der Waals surface area contributed by atoms with Crippen molar-refractivity contribution in [3.63, 3.8) is 0 Å². The quantitative estimate of drug-likeness (QED) is 0.717. The van der Waals surface area contributed by atoms with Gasteiger partial charge in [0.05, 0.1) is 22.5 Å². The van der Waals surface area contributed by atoms with Gasteiger partial charge in [-0.15, -0.1) is 0 Å². The molecule has 0 saturated heterocycles. The Kier molecular flexibility index (Phi) is 4.28. The molecule has 1 aliphatic carbocycles. The van der Waals surface area contributed by atoms with Gasteiger partial charge < -0.3 is 0 Å². The number of aryl methyl sites for hydroxylation is 3. The van der Waals surface area contributed by atoms with Gasteiger partial charge in [0.25, 0.3) is 0 Å². The molecule has 1 heterocycles. The van der Waals surface area contributed by atoms with Crippen LogP contribution < -0.4 is 10.4 Å². The van der Waals surface area contributed by atoms with Gasteiger partial charge in [0.2, 0.25) is 10.0 Å². The molecule has 1 N–H and O–H groups in total. The average Bonchev–Trinajstić information content (AvgIpc) is 3.27. The summed E-state index contributed by atoms with van der Waals surface area (Å²) in [5.74, 6) is 0. The lowest BCUT2D eigenvalue weighted by atomic mass is 10.1. The maximum atomic E-state index is 12.8. The predicted octanol–water partition coefficient (Wildman–Crippen LogP) is 2.84. The van der Waals surface area contributed by atoms with Crippen LogP contribution in [0.1, 0.15) is 36.5 Å². The first-order chi connectivity index (χ1) is 13.1. The predicted molar refractivity (Wildman–Crippen MR) is 110 cm³/mol. The Bertz CT molecular complexity index is 1230. The molecule has 7 heteroatoms. The van der Waals surface area contributed by atoms with Gasteiger partial charge in [0.1, 0.15) is 0 Å². The first-order valence-electron chi connectivity index (χ1n) is 9.38. The van der Waals surface area contributed by atoms with Crippen molar-refractivity contribution in [1.29, 1.82) is 0 Å². The monoisotopic (exact) mass is 399 g/mol. The van der Waals surface area contributed by atoms with Crippen LogP contribution in [0.25, 0.3) is 11.0 Å². The van der Waals surface area contributed by atoms with Crippen molar-refractivity contribution in [3.05, 3.63) is 63.6 Å². The van der Waals surface area contributed by atoms with Gasteiger partial charge in [-0.05, 0) is 57.4 Å². The molecule has 3 aromatic rings. The van der Waals surface area contributed by atoms with Crippen LogP contribution in [0.5, 0.6) is 0 Å². The van der Waals surface area contributed by atoms with E-state index in [1.54, 1.807) is 29.8 Å². The highest BCUT2D eigenvalue weighted by Gasteiger charge is 2.41. The van der Waals surface area contributed by atoms with Crippen molar-refractivity contribution in [1.82, 2.24) is 13.9 Å². The number of hydrogen-bond acceptors (Lipinski definition) is 3. The molecule has 0 bridgehead atoms. The number of imidazole rings is 1. The smallest absolute Gasteiger partial charge is 0.295 e. The standard InChI is InChI=1S/C21H25N3O3S/c1-14-9-15(2)11-16(10-14)13-24-18-6-5-17(12-19(18)23(4)20(24)25)28(26,27)22-21(3)7-8-21/h5-6,9-12,22H,7-8,13H2,1-4H3. The lowest BCUT2D eigenvalue weighted by Gasteiger charge is -2.12.